The molecule has 17 heavy (non-hydrogen) atoms. The Morgan fingerprint density at radius 3 is 2.18 bits per heavy atom. The van der Waals surface area contributed by atoms with E-state index in [9.17, 15) is 0 Å². The van der Waals surface area contributed by atoms with Crippen LogP contribution in [0.4, 0.5) is 0 Å². The quantitative estimate of drug-likeness (QED) is 0.621. The van der Waals surface area contributed by atoms with Gasteiger partial charge in [-0.25, -0.2) is 0 Å². The molecule has 0 aliphatic carbocycles. The molecule has 4 aliphatic rings. The van der Waals surface area contributed by atoms with Crippen LogP contribution in [0.2, 0.25) is 0 Å². The maximum atomic E-state index is 6.33. The number of rotatable bonds is 0. The van der Waals surface area contributed by atoms with Gasteiger partial charge in [0.2, 0.25) is 0 Å². The summed E-state index contributed by atoms with van der Waals surface area (Å²) >= 11 is 0. The van der Waals surface area contributed by atoms with Crippen LogP contribution in [0, 0.1) is 0 Å². The molecule has 0 saturated carbocycles. The van der Waals surface area contributed by atoms with E-state index in [1.165, 1.54) is 0 Å². The highest BCUT2D eigenvalue weighted by atomic mass is 31.1. The van der Waals surface area contributed by atoms with E-state index >= 15 is 0 Å². The number of hydrogen-bond acceptors (Lipinski definition) is 3. The van der Waals surface area contributed by atoms with Crippen LogP contribution in [0.1, 0.15) is 54.4 Å². The first kappa shape index (κ1) is 12.3. The van der Waals surface area contributed by atoms with Crippen LogP contribution < -0.4 is 0 Å². The molecule has 0 aromatic carbocycles. The van der Waals surface area contributed by atoms with E-state index in [-0.39, 0.29) is 18.4 Å². The molecule has 0 aromatic rings. The lowest BCUT2D eigenvalue weighted by Crippen LogP contribution is -2.69. The van der Waals surface area contributed by atoms with Gasteiger partial charge in [0.25, 0.3) is 0 Å². The lowest BCUT2D eigenvalue weighted by Gasteiger charge is -2.68. The van der Waals surface area contributed by atoms with Crippen molar-refractivity contribution in [3.8, 4) is 0 Å². The van der Waals surface area contributed by atoms with Gasteiger partial charge in [0.15, 0.2) is 11.6 Å². The smallest absolute Gasteiger partial charge is 0.173 e. The molecule has 98 valence electrons. The van der Waals surface area contributed by atoms with Crippen molar-refractivity contribution in [1.29, 1.82) is 0 Å². The van der Waals surface area contributed by atoms with Crippen molar-refractivity contribution < 1.29 is 14.2 Å². The first-order chi connectivity index (χ1) is 7.56. The summed E-state index contributed by atoms with van der Waals surface area (Å²) in [5.74, 6) is -0.551. The van der Waals surface area contributed by atoms with Crippen molar-refractivity contribution in [3.05, 3.63) is 0 Å². The van der Waals surface area contributed by atoms with Gasteiger partial charge in [-0.05, 0) is 33.8 Å². The average molecular weight is 258 g/mol. The molecular weight excluding hydrogens is 235 g/mol. The minimum absolute atomic E-state index is 0.0590. The Kier molecular flexibility index (Phi) is 2.23. The van der Waals surface area contributed by atoms with E-state index in [4.69, 9.17) is 14.2 Å². The van der Waals surface area contributed by atoms with Crippen molar-refractivity contribution in [2.45, 2.75) is 82.3 Å². The van der Waals surface area contributed by atoms with E-state index in [2.05, 4.69) is 41.5 Å². The maximum Gasteiger partial charge on any atom is 0.173 e. The molecule has 4 heterocycles. The first-order valence-electron chi connectivity index (χ1n) is 6.43. The Hall–Kier alpha value is 0.310. The first-order valence-corrected chi connectivity index (χ1v) is 7.84. The van der Waals surface area contributed by atoms with E-state index in [1.807, 2.05) is 0 Å². The molecule has 0 amide bonds. The molecule has 0 radical (unpaired) electrons. The largest absolute Gasteiger partial charge is 0.342 e. The van der Waals surface area contributed by atoms with Crippen LogP contribution in [0.25, 0.3) is 0 Å². The van der Waals surface area contributed by atoms with Gasteiger partial charge in [0, 0.05) is 12.8 Å². The predicted molar refractivity (Wildman–Crippen MR) is 68.2 cm³/mol. The Bertz CT molecular complexity index is 344. The van der Waals surface area contributed by atoms with Gasteiger partial charge in [-0.2, -0.15) is 0 Å². The zero-order valence-electron chi connectivity index (χ0n) is 11.7. The number of ether oxygens (including phenoxy) is 3. The standard InChI is InChI=1S/C13H23O3P/c1-10(2,3)17-9-7-11(4)15-12(5,14-9)8-13(17,6)16-11/h9H,7-8H2,1-6H3. The summed E-state index contributed by atoms with van der Waals surface area (Å²) in [6.45, 7) is 13.3. The van der Waals surface area contributed by atoms with Crippen LogP contribution in [0.3, 0.4) is 0 Å². The molecule has 4 heteroatoms. The highest BCUT2D eigenvalue weighted by Crippen LogP contribution is 2.75. The monoisotopic (exact) mass is 258 g/mol. The minimum Gasteiger partial charge on any atom is -0.342 e. The summed E-state index contributed by atoms with van der Waals surface area (Å²) in [6.07, 6.45) is 1.73. The van der Waals surface area contributed by atoms with Crippen LogP contribution in [0.5, 0.6) is 0 Å². The molecule has 4 fully saturated rings. The lowest BCUT2D eigenvalue weighted by atomic mass is 10.0. The van der Waals surface area contributed by atoms with E-state index < -0.39 is 11.6 Å². The summed E-state index contributed by atoms with van der Waals surface area (Å²) in [6, 6.07) is 0. The van der Waals surface area contributed by atoms with Crippen molar-refractivity contribution in [2.24, 2.45) is 0 Å². The Balaban J connectivity index is 2.04. The summed E-state index contributed by atoms with van der Waals surface area (Å²) in [5.41, 5.74) is 0. The van der Waals surface area contributed by atoms with Gasteiger partial charge < -0.3 is 14.2 Å². The molecule has 3 nitrogen and oxygen atoms in total. The molecule has 4 bridgehead atoms. The normalized spacial score (nSPS) is 57.5. The van der Waals surface area contributed by atoms with Crippen molar-refractivity contribution in [3.63, 3.8) is 0 Å². The van der Waals surface area contributed by atoms with Crippen molar-refractivity contribution >= 4 is 7.92 Å². The molecule has 0 spiro atoms. The molecule has 0 N–H and O–H groups in total. The van der Waals surface area contributed by atoms with Gasteiger partial charge >= 0.3 is 0 Å². The highest BCUT2D eigenvalue weighted by Gasteiger charge is 2.68. The average Bonchev–Trinajstić information content (AvgIpc) is 1.88. The third-order valence-electron chi connectivity index (χ3n) is 3.97. The summed E-state index contributed by atoms with van der Waals surface area (Å²) in [5, 5.41) is 0.200. The summed E-state index contributed by atoms with van der Waals surface area (Å²) in [4.78, 5) is 0. The van der Waals surface area contributed by atoms with Crippen LogP contribution >= 0.6 is 7.92 Å². The lowest BCUT2D eigenvalue weighted by molar-refractivity contribution is -0.454. The Morgan fingerprint density at radius 1 is 1.06 bits per heavy atom. The fraction of sp³-hybridized carbons (Fsp3) is 1.00. The predicted octanol–water partition coefficient (Wildman–Crippen LogP) is 3.61. The Morgan fingerprint density at radius 2 is 1.71 bits per heavy atom. The van der Waals surface area contributed by atoms with E-state index in [0.717, 1.165) is 12.8 Å². The van der Waals surface area contributed by atoms with Crippen LogP contribution in [0.15, 0.2) is 0 Å². The second kappa shape index (κ2) is 3.07. The SMILES string of the molecule is CC12CC3(C)OC(C)(CC(O1)P3C(C)(C)C)O2. The van der Waals surface area contributed by atoms with E-state index in [0.29, 0.717) is 5.85 Å². The highest BCUT2D eigenvalue weighted by molar-refractivity contribution is 7.61. The second-order valence-corrected chi connectivity index (χ2v) is 10.7. The van der Waals surface area contributed by atoms with Crippen molar-refractivity contribution in [1.82, 2.24) is 0 Å². The van der Waals surface area contributed by atoms with Gasteiger partial charge in [0.05, 0.1) is 11.2 Å². The van der Waals surface area contributed by atoms with Gasteiger partial charge in [0.1, 0.15) is 0 Å². The molecular formula is C13H23O3P. The third-order valence-corrected chi connectivity index (χ3v) is 7.55. The third kappa shape index (κ3) is 1.70. The maximum absolute atomic E-state index is 6.33. The minimum atomic E-state index is -0.436. The zero-order chi connectivity index (χ0) is 12.7. The molecule has 4 aliphatic heterocycles. The van der Waals surface area contributed by atoms with E-state index in [1.54, 1.807) is 0 Å². The fourth-order valence-corrected chi connectivity index (χ4v) is 8.61. The topological polar surface area (TPSA) is 27.7 Å². The molecule has 4 saturated heterocycles. The Labute approximate surface area is 105 Å². The summed E-state index contributed by atoms with van der Waals surface area (Å²) < 4.78 is 18.5. The molecule has 5 atom stereocenters. The van der Waals surface area contributed by atoms with Crippen LogP contribution in [-0.4, -0.2) is 27.9 Å². The molecule has 5 unspecified atom stereocenters. The van der Waals surface area contributed by atoms with Crippen molar-refractivity contribution in [2.75, 3.05) is 0 Å². The van der Waals surface area contributed by atoms with Gasteiger partial charge in [-0.1, -0.05) is 20.8 Å². The molecule has 0 aromatic heterocycles. The number of hydrogen-bond donors (Lipinski definition) is 0. The van der Waals surface area contributed by atoms with Gasteiger partial charge in [-0.15, -0.1) is 0 Å². The summed E-state index contributed by atoms with van der Waals surface area (Å²) in [7, 11) is -0.317. The molecule has 4 rings (SSSR count). The zero-order valence-corrected chi connectivity index (χ0v) is 12.6. The van der Waals surface area contributed by atoms with Crippen LogP contribution in [-0.2, 0) is 14.2 Å². The van der Waals surface area contributed by atoms with Gasteiger partial charge in [-0.3, -0.25) is 0 Å². The fourth-order valence-electron chi connectivity index (χ4n) is 4.13. The second-order valence-electron chi connectivity index (χ2n) is 7.14.